The molecule has 150 valence electrons. The van der Waals surface area contributed by atoms with Crippen molar-refractivity contribution in [2.45, 2.75) is 34.6 Å². The Kier molecular flexibility index (Phi) is 6.17. The molecule has 5 heteroatoms. The van der Waals surface area contributed by atoms with E-state index in [1.165, 1.54) is 16.8 Å². The summed E-state index contributed by atoms with van der Waals surface area (Å²) in [7, 11) is 0. The Bertz CT molecular complexity index is 1040. The van der Waals surface area contributed by atoms with Crippen molar-refractivity contribution in [2.75, 3.05) is 6.61 Å². The molecule has 0 radical (unpaired) electrons. The predicted octanol–water partition coefficient (Wildman–Crippen LogP) is 4.55. The van der Waals surface area contributed by atoms with Gasteiger partial charge in [0.2, 0.25) is 0 Å². The fourth-order valence-electron chi connectivity index (χ4n) is 3.49. The number of aryl methyl sites for hydroxylation is 4. The zero-order valence-corrected chi connectivity index (χ0v) is 17.6. The minimum Gasteiger partial charge on any atom is -0.483 e. The molecule has 0 fully saturated rings. The first-order valence-electron chi connectivity index (χ1n) is 9.64. The summed E-state index contributed by atoms with van der Waals surface area (Å²) >= 11 is 0. The third-order valence-corrected chi connectivity index (χ3v) is 4.98. The zero-order valence-electron chi connectivity index (χ0n) is 17.6. The quantitative estimate of drug-likeness (QED) is 0.497. The molecule has 0 aliphatic rings. The van der Waals surface area contributed by atoms with Gasteiger partial charge in [0.15, 0.2) is 6.61 Å². The second kappa shape index (κ2) is 8.78. The van der Waals surface area contributed by atoms with Crippen LogP contribution in [-0.4, -0.2) is 23.3 Å². The van der Waals surface area contributed by atoms with Gasteiger partial charge in [-0.05, 0) is 63.4 Å². The van der Waals surface area contributed by atoms with Gasteiger partial charge in [0.1, 0.15) is 5.75 Å². The van der Waals surface area contributed by atoms with E-state index in [1.807, 2.05) is 31.2 Å². The van der Waals surface area contributed by atoms with Gasteiger partial charge in [-0.3, -0.25) is 4.79 Å². The van der Waals surface area contributed by atoms with Gasteiger partial charge in [-0.15, -0.1) is 0 Å². The van der Waals surface area contributed by atoms with Crippen LogP contribution in [0.4, 0.5) is 0 Å². The molecule has 0 aliphatic heterocycles. The van der Waals surface area contributed by atoms with Gasteiger partial charge in [0, 0.05) is 17.0 Å². The van der Waals surface area contributed by atoms with E-state index in [-0.39, 0.29) is 12.5 Å². The number of aromatic nitrogens is 1. The number of hydrazone groups is 1. The maximum Gasteiger partial charge on any atom is 0.277 e. The number of ether oxygens (including phenoxy) is 1. The van der Waals surface area contributed by atoms with Crippen molar-refractivity contribution in [1.29, 1.82) is 0 Å². The van der Waals surface area contributed by atoms with Crippen LogP contribution in [0, 0.1) is 34.6 Å². The lowest BCUT2D eigenvalue weighted by Crippen LogP contribution is -2.24. The van der Waals surface area contributed by atoms with E-state index in [4.69, 9.17) is 4.74 Å². The van der Waals surface area contributed by atoms with Gasteiger partial charge in [-0.2, -0.15) is 5.10 Å². The van der Waals surface area contributed by atoms with Crippen LogP contribution in [-0.2, 0) is 4.79 Å². The Morgan fingerprint density at radius 1 is 1.00 bits per heavy atom. The van der Waals surface area contributed by atoms with Crippen molar-refractivity contribution in [3.05, 3.63) is 82.2 Å². The fourth-order valence-corrected chi connectivity index (χ4v) is 3.49. The molecule has 29 heavy (non-hydrogen) atoms. The monoisotopic (exact) mass is 389 g/mol. The van der Waals surface area contributed by atoms with E-state index in [0.717, 1.165) is 22.5 Å². The van der Waals surface area contributed by atoms with Crippen LogP contribution in [0.1, 0.15) is 33.6 Å². The number of amides is 1. The van der Waals surface area contributed by atoms with Crippen LogP contribution in [0.25, 0.3) is 5.69 Å². The Morgan fingerprint density at radius 3 is 2.34 bits per heavy atom. The summed E-state index contributed by atoms with van der Waals surface area (Å²) in [4.78, 5) is 12.0. The van der Waals surface area contributed by atoms with E-state index in [2.05, 4.69) is 67.1 Å². The van der Waals surface area contributed by atoms with Crippen LogP contribution in [0.3, 0.4) is 0 Å². The molecule has 1 heterocycles. The number of hydrogen-bond donors (Lipinski definition) is 1. The van der Waals surface area contributed by atoms with Gasteiger partial charge in [0.25, 0.3) is 5.91 Å². The van der Waals surface area contributed by atoms with Gasteiger partial charge >= 0.3 is 0 Å². The number of carbonyl (C=O) groups is 1. The molecule has 0 spiro atoms. The minimum absolute atomic E-state index is 0.0797. The molecule has 2 aromatic carbocycles. The van der Waals surface area contributed by atoms with Crippen molar-refractivity contribution < 1.29 is 9.53 Å². The number of nitrogens with one attached hydrogen (secondary N) is 1. The minimum atomic E-state index is -0.298. The van der Waals surface area contributed by atoms with Crippen LogP contribution >= 0.6 is 0 Å². The van der Waals surface area contributed by atoms with Crippen LogP contribution in [0.15, 0.2) is 53.6 Å². The highest BCUT2D eigenvalue weighted by Gasteiger charge is 2.13. The molecule has 3 aromatic rings. The van der Waals surface area contributed by atoms with Crippen molar-refractivity contribution in [3.63, 3.8) is 0 Å². The summed E-state index contributed by atoms with van der Waals surface area (Å²) in [5, 5.41) is 4.11. The molecule has 0 aliphatic carbocycles. The summed E-state index contributed by atoms with van der Waals surface area (Å²) < 4.78 is 7.77. The summed E-state index contributed by atoms with van der Waals surface area (Å²) in [6.45, 7) is 10.2. The smallest absolute Gasteiger partial charge is 0.277 e. The summed E-state index contributed by atoms with van der Waals surface area (Å²) in [5.41, 5.74) is 10.3. The molecule has 0 atom stereocenters. The molecule has 0 saturated heterocycles. The molecule has 0 bridgehead atoms. The molecule has 1 amide bonds. The summed E-state index contributed by atoms with van der Waals surface area (Å²) in [5.74, 6) is 0.400. The highest BCUT2D eigenvalue weighted by molar-refractivity contribution is 5.84. The zero-order chi connectivity index (χ0) is 21.0. The van der Waals surface area contributed by atoms with E-state index in [9.17, 15) is 4.79 Å². The SMILES string of the molecule is Cc1ccccc1OCC(=O)N/N=C/c1cc(C)n(-c2c(C)cccc2C)c1C. The Balaban J connectivity index is 1.69. The topological polar surface area (TPSA) is 55.6 Å². The van der Waals surface area contributed by atoms with Crippen LogP contribution < -0.4 is 10.2 Å². The lowest BCUT2D eigenvalue weighted by atomic mass is 10.1. The maximum absolute atomic E-state index is 12.0. The summed E-state index contributed by atoms with van der Waals surface area (Å²) in [6, 6.07) is 16.0. The molecule has 0 unspecified atom stereocenters. The van der Waals surface area contributed by atoms with Crippen molar-refractivity contribution in [3.8, 4) is 11.4 Å². The van der Waals surface area contributed by atoms with Gasteiger partial charge in [-0.1, -0.05) is 36.4 Å². The van der Waals surface area contributed by atoms with Crippen LogP contribution in [0.5, 0.6) is 5.75 Å². The predicted molar refractivity (Wildman–Crippen MR) is 117 cm³/mol. The first-order chi connectivity index (χ1) is 13.9. The second-order valence-electron chi connectivity index (χ2n) is 7.25. The van der Waals surface area contributed by atoms with E-state index in [0.29, 0.717) is 5.75 Å². The lowest BCUT2D eigenvalue weighted by molar-refractivity contribution is -0.123. The normalized spacial score (nSPS) is 11.1. The number of nitrogens with zero attached hydrogens (tertiary/aromatic N) is 2. The Morgan fingerprint density at radius 2 is 1.66 bits per heavy atom. The van der Waals surface area contributed by atoms with Crippen molar-refractivity contribution in [2.24, 2.45) is 5.10 Å². The first-order valence-corrected chi connectivity index (χ1v) is 9.64. The molecular weight excluding hydrogens is 362 g/mol. The number of carbonyl (C=O) groups excluding carboxylic acids is 1. The largest absolute Gasteiger partial charge is 0.483 e. The van der Waals surface area contributed by atoms with E-state index >= 15 is 0 Å². The number of rotatable bonds is 6. The molecule has 1 N–H and O–H groups in total. The molecular formula is C24H27N3O2. The highest BCUT2D eigenvalue weighted by Crippen LogP contribution is 2.25. The fraction of sp³-hybridized carbons (Fsp3) is 0.250. The number of hydrogen-bond acceptors (Lipinski definition) is 3. The maximum atomic E-state index is 12.0. The van der Waals surface area contributed by atoms with Gasteiger partial charge in [-0.25, -0.2) is 5.43 Å². The van der Waals surface area contributed by atoms with Gasteiger partial charge < -0.3 is 9.30 Å². The van der Waals surface area contributed by atoms with Crippen LogP contribution in [0.2, 0.25) is 0 Å². The third-order valence-electron chi connectivity index (χ3n) is 4.98. The molecule has 1 aromatic heterocycles. The Hall–Kier alpha value is -3.34. The first kappa shape index (κ1) is 20.4. The molecule has 5 nitrogen and oxygen atoms in total. The third kappa shape index (κ3) is 4.57. The Labute approximate surface area is 172 Å². The molecule has 0 saturated carbocycles. The number of benzene rings is 2. The standard InChI is InChI=1S/C24H27N3O2/c1-16-9-6-7-12-22(16)29-15-23(28)26-25-14-21-13-19(4)27(20(21)5)24-17(2)10-8-11-18(24)3/h6-14H,15H2,1-5H3,(H,26,28)/b25-14+. The van der Waals surface area contributed by atoms with Crippen molar-refractivity contribution in [1.82, 2.24) is 9.99 Å². The van der Waals surface area contributed by atoms with E-state index in [1.54, 1.807) is 6.21 Å². The average Bonchev–Trinajstić information content (AvgIpc) is 2.95. The highest BCUT2D eigenvalue weighted by atomic mass is 16.5. The average molecular weight is 389 g/mol. The number of para-hydroxylation sites is 2. The van der Waals surface area contributed by atoms with E-state index < -0.39 is 0 Å². The second-order valence-corrected chi connectivity index (χ2v) is 7.25. The van der Waals surface area contributed by atoms with Crippen molar-refractivity contribution >= 4 is 12.1 Å². The summed E-state index contributed by atoms with van der Waals surface area (Å²) in [6.07, 6.45) is 1.68. The molecule has 3 rings (SSSR count). The lowest BCUT2D eigenvalue weighted by Gasteiger charge is -2.15. The van der Waals surface area contributed by atoms with Gasteiger partial charge in [0.05, 0.1) is 11.9 Å².